The Morgan fingerprint density at radius 1 is 1.53 bits per heavy atom. The first-order valence-corrected chi connectivity index (χ1v) is 6.58. The molecule has 1 unspecified atom stereocenters. The predicted molar refractivity (Wildman–Crippen MR) is 78.3 cm³/mol. The standard InChI is InChI=1S/C14H19BrN2/c1-5-9-17(6-2)12-7-8-13(11(3)16-4)14(15)10-12/h1,7-8,10-11,16H,6,9H2,2-4H3. The lowest BCUT2D eigenvalue weighted by Gasteiger charge is -2.22. The largest absolute Gasteiger partial charge is 0.361 e. The van der Waals surface area contributed by atoms with Gasteiger partial charge in [-0.2, -0.15) is 0 Å². The van der Waals surface area contributed by atoms with Crippen LogP contribution in [-0.4, -0.2) is 20.1 Å². The minimum atomic E-state index is 0.334. The van der Waals surface area contributed by atoms with E-state index in [1.165, 1.54) is 5.56 Å². The molecule has 0 aliphatic heterocycles. The summed E-state index contributed by atoms with van der Waals surface area (Å²) in [6.45, 7) is 5.80. The number of benzene rings is 1. The molecular formula is C14H19BrN2. The van der Waals surface area contributed by atoms with Gasteiger partial charge in [-0.3, -0.25) is 0 Å². The van der Waals surface area contributed by atoms with Gasteiger partial charge in [-0.15, -0.1) is 6.42 Å². The number of halogens is 1. The van der Waals surface area contributed by atoms with Crippen LogP contribution in [0.4, 0.5) is 5.69 Å². The molecule has 17 heavy (non-hydrogen) atoms. The van der Waals surface area contributed by atoms with Gasteiger partial charge >= 0.3 is 0 Å². The Hall–Kier alpha value is -0.980. The third-order valence-corrected chi connectivity index (χ3v) is 3.60. The number of terminal acetylenes is 1. The van der Waals surface area contributed by atoms with E-state index >= 15 is 0 Å². The second kappa shape index (κ2) is 6.68. The quantitative estimate of drug-likeness (QED) is 0.839. The normalized spacial score (nSPS) is 11.9. The SMILES string of the molecule is C#CCN(CC)c1ccc(C(C)NC)c(Br)c1. The average molecular weight is 295 g/mol. The highest BCUT2D eigenvalue weighted by Crippen LogP contribution is 2.28. The molecule has 0 saturated heterocycles. The first kappa shape index (κ1) is 14.1. The van der Waals surface area contributed by atoms with E-state index in [2.05, 4.69) is 64.1 Å². The van der Waals surface area contributed by atoms with Gasteiger partial charge in [0.25, 0.3) is 0 Å². The van der Waals surface area contributed by atoms with Gasteiger partial charge < -0.3 is 10.2 Å². The summed E-state index contributed by atoms with van der Waals surface area (Å²) in [5.41, 5.74) is 2.41. The number of nitrogens with zero attached hydrogens (tertiary/aromatic N) is 1. The molecule has 1 atom stereocenters. The lowest BCUT2D eigenvalue weighted by molar-refractivity contribution is 0.649. The molecule has 0 heterocycles. The molecule has 2 nitrogen and oxygen atoms in total. The zero-order valence-corrected chi connectivity index (χ0v) is 12.2. The first-order chi connectivity index (χ1) is 8.13. The molecule has 0 saturated carbocycles. The van der Waals surface area contributed by atoms with Crippen LogP contribution >= 0.6 is 15.9 Å². The molecule has 1 aromatic carbocycles. The van der Waals surface area contributed by atoms with Crippen molar-refractivity contribution in [2.75, 3.05) is 25.0 Å². The summed E-state index contributed by atoms with van der Waals surface area (Å²) < 4.78 is 1.12. The van der Waals surface area contributed by atoms with Crippen LogP contribution in [0.5, 0.6) is 0 Å². The Kier molecular flexibility index (Phi) is 5.54. The zero-order chi connectivity index (χ0) is 12.8. The Balaban J connectivity index is 2.99. The van der Waals surface area contributed by atoms with E-state index in [9.17, 15) is 0 Å². The smallest absolute Gasteiger partial charge is 0.0791 e. The highest BCUT2D eigenvalue weighted by atomic mass is 79.9. The lowest BCUT2D eigenvalue weighted by atomic mass is 10.1. The molecule has 1 N–H and O–H groups in total. The summed E-state index contributed by atoms with van der Waals surface area (Å²) in [6, 6.07) is 6.72. The van der Waals surface area contributed by atoms with E-state index in [0.29, 0.717) is 12.6 Å². The van der Waals surface area contributed by atoms with Crippen LogP contribution in [0.2, 0.25) is 0 Å². The number of nitrogens with one attached hydrogen (secondary N) is 1. The number of rotatable bonds is 5. The fraction of sp³-hybridized carbons (Fsp3) is 0.429. The van der Waals surface area contributed by atoms with E-state index in [1.54, 1.807) is 0 Å². The Labute approximate surface area is 113 Å². The average Bonchev–Trinajstić information content (AvgIpc) is 2.35. The molecule has 0 fully saturated rings. The molecule has 3 heteroatoms. The van der Waals surface area contributed by atoms with Gasteiger partial charge in [-0.25, -0.2) is 0 Å². The van der Waals surface area contributed by atoms with Crippen molar-refractivity contribution in [3.8, 4) is 12.3 Å². The summed E-state index contributed by atoms with van der Waals surface area (Å²) in [6.07, 6.45) is 5.37. The van der Waals surface area contributed by atoms with Crippen LogP contribution < -0.4 is 10.2 Å². The number of hydrogen-bond donors (Lipinski definition) is 1. The van der Waals surface area contributed by atoms with Gasteiger partial charge in [0, 0.05) is 22.7 Å². The van der Waals surface area contributed by atoms with Crippen LogP contribution in [0.3, 0.4) is 0 Å². The highest BCUT2D eigenvalue weighted by molar-refractivity contribution is 9.10. The second-order valence-corrected chi connectivity index (χ2v) is 4.79. The molecule has 92 valence electrons. The molecule has 0 amide bonds. The van der Waals surface area contributed by atoms with E-state index in [0.717, 1.165) is 16.7 Å². The predicted octanol–water partition coefficient (Wildman–Crippen LogP) is 3.19. The van der Waals surface area contributed by atoms with Crippen LogP contribution in [0, 0.1) is 12.3 Å². The van der Waals surface area contributed by atoms with Gasteiger partial charge in [0.2, 0.25) is 0 Å². The maximum Gasteiger partial charge on any atom is 0.0791 e. The van der Waals surface area contributed by atoms with Gasteiger partial charge in [-0.05, 0) is 38.6 Å². The first-order valence-electron chi connectivity index (χ1n) is 5.79. The van der Waals surface area contributed by atoms with Gasteiger partial charge in [0.15, 0.2) is 0 Å². The highest BCUT2D eigenvalue weighted by Gasteiger charge is 2.10. The number of hydrogen-bond acceptors (Lipinski definition) is 2. The van der Waals surface area contributed by atoms with Crippen LogP contribution in [0.1, 0.15) is 25.5 Å². The molecule has 1 rings (SSSR count). The van der Waals surface area contributed by atoms with Gasteiger partial charge in [0.1, 0.15) is 0 Å². The number of anilines is 1. The topological polar surface area (TPSA) is 15.3 Å². The maximum atomic E-state index is 5.37. The molecule has 0 aliphatic rings. The molecule has 0 radical (unpaired) electrons. The maximum absolute atomic E-state index is 5.37. The molecule has 0 aromatic heterocycles. The summed E-state index contributed by atoms with van der Waals surface area (Å²) in [5, 5.41) is 3.23. The van der Waals surface area contributed by atoms with Crippen molar-refractivity contribution in [1.29, 1.82) is 0 Å². The molecule has 1 aromatic rings. The monoisotopic (exact) mass is 294 g/mol. The van der Waals surface area contributed by atoms with Crippen LogP contribution in [0.25, 0.3) is 0 Å². The zero-order valence-electron chi connectivity index (χ0n) is 10.6. The van der Waals surface area contributed by atoms with Crippen molar-refractivity contribution < 1.29 is 0 Å². The van der Waals surface area contributed by atoms with Crippen LogP contribution in [0.15, 0.2) is 22.7 Å². The van der Waals surface area contributed by atoms with E-state index in [1.807, 2.05) is 7.05 Å². The summed E-state index contributed by atoms with van der Waals surface area (Å²) in [4.78, 5) is 2.17. The summed E-state index contributed by atoms with van der Waals surface area (Å²) >= 11 is 3.62. The van der Waals surface area contributed by atoms with Crippen LogP contribution in [-0.2, 0) is 0 Å². The fourth-order valence-corrected chi connectivity index (χ4v) is 2.43. The van der Waals surface area contributed by atoms with Gasteiger partial charge in [0.05, 0.1) is 6.54 Å². The third kappa shape index (κ3) is 3.49. The van der Waals surface area contributed by atoms with Gasteiger partial charge in [-0.1, -0.05) is 27.9 Å². The summed E-state index contributed by atoms with van der Waals surface area (Å²) in [7, 11) is 1.96. The third-order valence-electron chi connectivity index (χ3n) is 2.91. The van der Waals surface area contributed by atoms with E-state index in [-0.39, 0.29) is 0 Å². The van der Waals surface area contributed by atoms with Crippen molar-refractivity contribution in [1.82, 2.24) is 5.32 Å². The minimum Gasteiger partial charge on any atom is -0.361 e. The molecule has 0 aliphatic carbocycles. The van der Waals surface area contributed by atoms with Crippen molar-refractivity contribution >= 4 is 21.6 Å². The Morgan fingerprint density at radius 2 is 2.24 bits per heavy atom. The van der Waals surface area contributed by atoms with Crippen molar-refractivity contribution in [3.05, 3.63) is 28.2 Å². The van der Waals surface area contributed by atoms with Crippen molar-refractivity contribution in [2.24, 2.45) is 0 Å². The fourth-order valence-electron chi connectivity index (χ4n) is 1.72. The van der Waals surface area contributed by atoms with E-state index in [4.69, 9.17) is 6.42 Å². The molecule has 0 spiro atoms. The van der Waals surface area contributed by atoms with Crippen molar-refractivity contribution in [2.45, 2.75) is 19.9 Å². The Morgan fingerprint density at radius 3 is 2.71 bits per heavy atom. The molecule has 0 bridgehead atoms. The minimum absolute atomic E-state index is 0.334. The molecular weight excluding hydrogens is 276 g/mol. The summed E-state index contributed by atoms with van der Waals surface area (Å²) in [5.74, 6) is 2.68. The van der Waals surface area contributed by atoms with E-state index < -0.39 is 0 Å². The van der Waals surface area contributed by atoms with Crippen molar-refractivity contribution in [3.63, 3.8) is 0 Å². The second-order valence-electron chi connectivity index (χ2n) is 3.93. The lowest BCUT2D eigenvalue weighted by Crippen LogP contribution is -2.23. The Bertz CT molecular complexity index is 409.